The summed E-state index contributed by atoms with van der Waals surface area (Å²) in [6.45, 7) is 0.289. The molecule has 6 heteroatoms. The minimum absolute atomic E-state index is 0.0283. The number of ether oxygens (including phenoxy) is 1. The Bertz CT molecular complexity index is 518. The number of thiocarbonyl (C=S) groups is 1. The molecule has 0 aliphatic heterocycles. The van der Waals surface area contributed by atoms with Crippen LogP contribution >= 0.6 is 23.8 Å². The van der Waals surface area contributed by atoms with Crippen LogP contribution in [-0.2, 0) is 4.79 Å². The molecule has 0 spiro atoms. The van der Waals surface area contributed by atoms with Crippen LogP contribution in [0.15, 0.2) is 24.3 Å². The van der Waals surface area contributed by atoms with E-state index in [0.717, 1.165) is 25.7 Å². The third-order valence-corrected chi connectivity index (χ3v) is 3.93. The van der Waals surface area contributed by atoms with E-state index in [1.807, 2.05) is 0 Å². The Morgan fingerprint density at radius 3 is 2.76 bits per heavy atom. The molecule has 0 aromatic heterocycles. The van der Waals surface area contributed by atoms with Crippen LogP contribution in [0.1, 0.15) is 25.7 Å². The second kappa shape index (κ2) is 7.61. The summed E-state index contributed by atoms with van der Waals surface area (Å²) in [4.78, 5) is 14.5. The summed E-state index contributed by atoms with van der Waals surface area (Å²) in [5.41, 5.74) is 5.61. The zero-order chi connectivity index (χ0) is 15.2. The quantitative estimate of drug-likeness (QED) is 0.817. The monoisotopic (exact) mass is 326 g/mol. The molecule has 1 aliphatic rings. The van der Waals surface area contributed by atoms with Crippen LogP contribution in [0.5, 0.6) is 5.75 Å². The molecule has 0 saturated heterocycles. The van der Waals surface area contributed by atoms with Crippen molar-refractivity contribution in [1.82, 2.24) is 4.90 Å². The molecule has 1 aliphatic carbocycles. The Morgan fingerprint density at radius 1 is 1.43 bits per heavy atom. The fourth-order valence-electron chi connectivity index (χ4n) is 2.59. The molecule has 4 nitrogen and oxygen atoms in total. The molecule has 0 heterocycles. The first kappa shape index (κ1) is 16.0. The van der Waals surface area contributed by atoms with Gasteiger partial charge in [0.2, 0.25) is 0 Å². The average molecular weight is 327 g/mol. The first-order valence-corrected chi connectivity index (χ1v) is 7.81. The van der Waals surface area contributed by atoms with Crippen molar-refractivity contribution in [3.63, 3.8) is 0 Å². The molecule has 1 aromatic carbocycles. The van der Waals surface area contributed by atoms with E-state index < -0.39 is 0 Å². The predicted octanol–water partition coefficient (Wildman–Crippen LogP) is 2.78. The number of nitrogens with two attached hydrogens (primary N) is 1. The minimum Gasteiger partial charge on any atom is -0.484 e. The van der Waals surface area contributed by atoms with Crippen LogP contribution in [0.25, 0.3) is 0 Å². The van der Waals surface area contributed by atoms with Crippen LogP contribution in [0.2, 0.25) is 5.02 Å². The van der Waals surface area contributed by atoms with Crippen molar-refractivity contribution in [2.75, 3.05) is 13.2 Å². The van der Waals surface area contributed by atoms with E-state index in [2.05, 4.69) is 0 Å². The number of nitrogens with zero attached hydrogens (tertiary/aromatic N) is 1. The molecule has 1 saturated carbocycles. The molecule has 114 valence electrons. The highest BCUT2D eigenvalue weighted by molar-refractivity contribution is 7.80. The molecule has 2 rings (SSSR count). The van der Waals surface area contributed by atoms with Gasteiger partial charge in [0.15, 0.2) is 6.61 Å². The number of benzene rings is 1. The number of carbonyl (C=O) groups excluding carboxylic acids is 1. The SMILES string of the molecule is NC(=S)CN(C(=O)COc1cccc(Cl)c1)C1CCCC1. The van der Waals surface area contributed by atoms with E-state index >= 15 is 0 Å². The Morgan fingerprint density at radius 2 is 2.14 bits per heavy atom. The van der Waals surface area contributed by atoms with Crippen LogP contribution in [0, 0.1) is 0 Å². The van der Waals surface area contributed by atoms with Gasteiger partial charge in [-0.05, 0) is 31.0 Å². The lowest BCUT2D eigenvalue weighted by molar-refractivity contribution is -0.134. The smallest absolute Gasteiger partial charge is 0.261 e. The maximum atomic E-state index is 12.4. The zero-order valence-corrected chi connectivity index (χ0v) is 13.3. The number of rotatable bonds is 6. The first-order chi connectivity index (χ1) is 10.1. The van der Waals surface area contributed by atoms with E-state index in [1.165, 1.54) is 0 Å². The highest BCUT2D eigenvalue weighted by Crippen LogP contribution is 2.24. The Hall–Kier alpha value is -1.33. The maximum absolute atomic E-state index is 12.4. The van der Waals surface area contributed by atoms with Crippen molar-refractivity contribution in [3.8, 4) is 5.75 Å². The molecule has 0 radical (unpaired) electrons. The van der Waals surface area contributed by atoms with Crippen molar-refractivity contribution in [3.05, 3.63) is 29.3 Å². The van der Waals surface area contributed by atoms with Gasteiger partial charge in [0, 0.05) is 11.1 Å². The summed E-state index contributed by atoms with van der Waals surface area (Å²) in [5.74, 6) is 0.493. The lowest BCUT2D eigenvalue weighted by Gasteiger charge is -2.28. The van der Waals surface area contributed by atoms with Crippen LogP contribution in [-0.4, -0.2) is 35.0 Å². The van der Waals surface area contributed by atoms with Crippen molar-refractivity contribution in [2.45, 2.75) is 31.7 Å². The van der Waals surface area contributed by atoms with Gasteiger partial charge in [0.25, 0.3) is 5.91 Å². The van der Waals surface area contributed by atoms with Crippen LogP contribution < -0.4 is 10.5 Å². The molecular weight excluding hydrogens is 308 g/mol. The normalized spacial score (nSPS) is 14.9. The fraction of sp³-hybridized carbons (Fsp3) is 0.467. The molecule has 21 heavy (non-hydrogen) atoms. The van der Waals surface area contributed by atoms with Crippen molar-refractivity contribution >= 4 is 34.7 Å². The van der Waals surface area contributed by atoms with Gasteiger partial charge < -0.3 is 15.4 Å². The molecule has 0 unspecified atom stereocenters. The Balaban J connectivity index is 1.95. The fourth-order valence-corrected chi connectivity index (χ4v) is 2.91. The van der Waals surface area contributed by atoms with Gasteiger partial charge in [-0.25, -0.2) is 0 Å². The summed E-state index contributed by atoms with van der Waals surface area (Å²) in [6.07, 6.45) is 4.29. The molecular formula is C15H19ClN2O2S. The second-order valence-electron chi connectivity index (χ2n) is 5.17. The summed E-state index contributed by atoms with van der Waals surface area (Å²) in [7, 11) is 0. The third-order valence-electron chi connectivity index (χ3n) is 3.57. The molecule has 1 fully saturated rings. The lowest BCUT2D eigenvalue weighted by Crippen LogP contribution is -2.45. The number of hydrogen-bond acceptors (Lipinski definition) is 3. The highest BCUT2D eigenvalue weighted by Gasteiger charge is 2.27. The van der Waals surface area contributed by atoms with Gasteiger partial charge in [-0.2, -0.15) is 0 Å². The lowest BCUT2D eigenvalue weighted by atomic mass is 10.2. The Kier molecular flexibility index (Phi) is 5.82. The van der Waals surface area contributed by atoms with Gasteiger partial charge in [0.1, 0.15) is 5.75 Å². The van der Waals surface area contributed by atoms with Gasteiger partial charge in [-0.1, -0.05) is 42.7 Å². The second-order valence-corrected chi connectivity index (χ2v) is 6.13. The van der Waals surface area contributed by atoms with Gasteiger partial charge >= 0.3 is 0 Å². The summed E-state index contributed by atoms with van der Waals surface area (Å²) < 4.78 is 5.51. The van der Waals surface area contributed by atoms with Crippen LogP contribution in [0.4, 0.5) is 0 Å². The van der Waals surface area contributed by atoms with Gasteiger partial charge in [-0.3, -0.25) is 4.79 Å². The van der Waals surface area contributed by atoms with E-state index in [1.54, 1.807) is 29.2 Å². The maximum Gasteiger partial charge on any atom is 0.261 e. The summed E-state index contributed by atoms with van der Waals surface area (Å²) in [5, 5.41) is 0.579. The number of carbonyl (C=O) groups is 1. The number of halogens is 1. The molecule has 0 bridgehead atoms. The van der Waals surface area contributed by atoms with E-state index in [-0.39, 0.29) is 18.6 Å². The van der Waals surface area contributed by atoms with Gasteiger partial charge in [-0.15, -0.1) is 0 Å². The molecule has 1 amide bonds. The highest BCUT2D eigenvalue weighted by atomic mass is 35.5. The van der Waals surface area contributed by atoms with Crippen molar-refractivity contribution < 1.29 is 9.53 Å². The van der Waals surface area contributed by atoms with Crippen LogP contribution in [0.3, 0.4) is 0 Å². The molecule has 0 atom stereocenters. The summed E-state index contributed by atoms with van der Waals surface area (Å²) in [6, 6.07) is 7.22. The number of amides is 1. The largest absolute Gasteiger partial charge is 0.484 e. The number of hydrogen-bond donors (Lipinski definition) is 1. The Labute approximate surface area is 135 Å². The zero-order valence-electron chi connectivity index (χ0n) is 11.8. The van der Waals surface area contributed by atoms with Crippen molar-refractivity contribution in [1.29, 1.82) is 0 Å². The van der Waals surface area contributed by atoms with Crippen molar-refractivity contribution in [2.24, 2.45) is 5.73 Å². The average Bonchev–Trinajstić information content (AvgIpc) is 2.96. The molecule has 1 aromatic rings. The third kappa shape index (κ3) is 4.86. The van der Waals surface area contributed by atoms with E-state index in [0.29, 0.717) is 22.3 Å². The minimum atomic E-state index is -0.0883. The first-order valence-electron chi connectivity index (χ1n) is 7.02. The predicted molar refractivity (Wildman–Crippen MR) is 87.7 cm³/mol. The van der Waals surface area contributed by atoms with Gasteiger partial charge in [0.05, 0.1) is 11.5 Å². The van der Waals surface area contributed by atoms with E-state index in [4.69, 9.17) is 34.3 Å². The molecule has 2 N–H and O–H groups in total. The summed E-state index contributed by atoms with van der Waals surface area (Å²) >= 11 is 10.8. The topological polar surface area (TPSA) is 55.6 Å². The standard InChI is InChI=1S/C15H19ClN2O2S/c16-11-4-3-7-13(8-11)20-10-15(19)18(9-14(17)21)12-5-1-2-6-12/h3-4,7-8,12H,1-2,5-6,9-10H2,(H2,17,21). The van der Waals surface area contributed by atoms with E-state index in [9.17, 15) is 4.79 Å².